The average molecular weight is 589 g/mol. The van der Waals surface area contributed by atoms with E-state index in [0.717, 1.165) is 37.4 Å². The zero-order chi connectivity index (χ0) is 30.2. The molecule has 7 nitrogen and oxygen atoms in total. The molecule has 230 valence electrons. The molecule has 0 atom stereocenters. The Kier molecular flexibility index (Phi) is 10.2. The summed E-state index contributed by atoms with van der Waals surface area (Å²) in [6.45, 7) is 10.4. The Morgan fingerprint density at radius 1 is 0.930 bits per heavy atom. The maximum atomic E-state index is 14.9. The number of rotatable bonds is 9. The van der Waals surface area contributed by atoms with Gasteiger partial charge in [-0.3, -0.25) is 0 Å². The first kappa shape index (κ1) is 30.8. The third-order valence-corrected chi connectivity index (χ3v) is 8.54. The summed E-state index contributed by atoms with van der Waals surface area (Å²) in [4.78, 5) is 19.8. The van der Waals surface area contributed by atoms with Gasteiger partial charge in [-0.25, -0.2) is 14.2 Å². The summed E-state index contributed by atoms with van der Waals surface area (Å²) in [5, 5.41) is 5.32. The van der Waals surface area contributed by atoms with E-state index in [4.69, 9.17) is 9.47 Å². The van der Waals surface area contributed by atoms with Gasteiger partial charge in [0.25, 0.3) is 0 Å². The van der Waals surface area contributed by atoms with Gasteiger partial charge in [0.1, 0.15) is 23.0 Å². The molecule has 0 spiro atoms. The summed E-state index contributed by atoms with van der Waals surface area (Å²) in [6.07, 6.45) is 10.7. The van der Waals surface area contributed by atoms with E-state index >= 15 is 0 Å². The van der Waals surface area contributed by atoms with E-state index in [-0.39, 0.29) is 17.0 Å². The Morgan fingerprint density at radius 3 is 2.42 bits per heavy atom. The van der Waals surface area contributed by atoms with Crippen LogP contribution < -0.4 is 20.1 Å². The molecular formula is C35H45FN4O3. The lowest BCUT2D eigenvalue weighted by atomic mass is 9.86. The molecule has 2 N–H and O–H groups in total. The fraction of sp³-hybridized carbons (Fsp3) is 0.486. The number of amides is 2. The molecule has 2 aromatic carbocycles. The number of pyridine rings is 1. The Bertz CT molecular complexity index is 1360. The summed E-state index contributed by atoms with van der Waals surface area (Å²) < 4.78 is 27.0. The number of carbonyl (C=O) groups is 1. The summed E-state index contributed by atoms with van der Waals surface area (Å²) >= 11 is 0. The minimum Gasteiger partial charge on any atom is -0.493 e. The second-order valence-electron chi connectivity index (χ2n) is 13.0. The van der Waals surface area contributed by atoms with E-state index in [1.807, 2.05) is 24.3 Å². The second kappa shape index (κ2) is 14.2. The van der Waals surface area contributed by atoms with Gasteiger partial charge in [0, 0.05) is 24.4 Å². The third kappa shape index (κ3) is 8.69. The number of anilines is 2. The van der Waals surface area contributed by atoms with Gasteiger partial charge in [-0.1, -0.05) is 58.2 Å². The van der Waals surface area contributed by atoms with Crippen LogP contribution in [0.3, 0.4) is 0 Å². The van der Waals surface area contributed by atoms with Crippen LogP contribution in [0.4, 0.5) is 20.6 Å². The summed E-state index contributed by atoms with van der Waals surface area (Å²) in [5.74, 6) is 2.15. The predicted molar refractivity (Wildman–Crippen MR) is 170 cm³/mol. The quantitative estimate of drug-likeness (QED) is 0.262. The van der Waals surface area contributed by atoms with Crippen LogP contribution in [0.25, 0.3) is 0 Å². The lowest BCUT2D eigenvalue weighted by Crippen LogP contribution is -2.38. The number of urea groups is 1. The molecule has 1 aromatic heterocycles. The fourth-order valence-electron chi connectivity index (χ4n) is 6.09. The van der Waals surface area contributed by atoms with Crippen molar-refractivity contribution in [2.45, 2.75) is 71.1 Å². The maximum absolute atomic E-state index is 14.9. The normalized spacial score (nSPS) is 16.9. The Hall–Kier alpha value is -3.65. The fourth-order valence-corrected chi connectivity index (χ4v) is 6.09. The van der Waals surface area contributed by atoms with E-state index in [2.05, 4.69) is 41.3 Å². The van der Waals surface area contributed by atoms with Crippen LogP contribution in [-0.2, 0) is 5.41 Å². The average Bonchev–Trinajstić information content (AvgIpc) is 2.99. The number of para-hydroxylation sites is 1. The third-order valence-electron chi connectivity index (χ3n) is 8.54. The van der Waals surface area contributed by atoms with Crippen LogP contribution in [0.5, 0.6) is 17.4 Å². The highest BCUT2D eigenvalue weighted by Crippen LogP contribution is 2.35. The first-order valence-electron chi connectivity index (χ1n) is 15.7. The van der Waals surface area contributed by atoms with Gasteiger partial charge in [-0.2, -0.15) is 0 Å². The van der Waals surface area contributed by atoms with Crippen LogP contribution in [0.15, 0.2) is 60.8 Å². The molecule has 3 aromatic rings. The first-order chi connectivity index (χ1) is 20.7. The lowest BCUT2D eigenvalue weighted by Gasteiger charge is -2.35. The van der Waals surface area contributed by atoms with Gasteiger partial charge < -0.3 is 25.0 Å². The van der Waals surface area contributed by atoms with Crippen molar-refractivity contribution in [3.8, 4) is 17.4 Å². The number of benzene rings is 2. The van der Waals surface area contributed by atoms with E-state index in [1.165, 1.54) is 50.8 Å². The predicted octanol–water partition coefficient (Wildman–Crippen LogP) is 8.63. The molecule has 2 fully saturated rings. The van der Waals surface area contributed by atoms with Crippen LogP contribution >= 0.6 is 0 Å². The molecule has 2 aliphatic rings. The number of hydrogen-bond donors (Lipinski definition) is 2. The number of halogens is 1. The number of nitrogens with zero attached hydrogens (tertiary/aromatic N) is 2. The smallest absolute Gasteiger partial charge is 0.323 e. The Balaban J connectivity index is 1.11. The largest absolute Gasteiger partial charge is 0.493 e. The molecule has 1 aliphatic carbocycles. The topological polar surface area (TPSA) is 75.7 Å². The number of aromatic nitrogens is 1. The summed E-state index contributed by atoms with van der Waals surface area (Å²) in [5.41, 5.74) is 1.30. The van der Waals surface area contributed by atoms with E-state index in [1.54, 1.807) is 24.4 Å². The molecule has 0 radical (unpaired) electrons. The van der Waals surface area contributed by atoms with Crippen LogP contribution in [-0.4, -0.2) is 42.2 Å². The number of nitrogens with one attached hydrogen (secondary N) is 2. The molecule has 43 heavy (non-hydrogen) atoms. The zero-order valence-electron chi connectivity index (χ0n) is 25.7. The van der Waals surface area contributed by atoms with Crippen molar-refractivity contribution < 1.29 is 18.7 Å². The van der Waals surface area contributed by atoms with Crippen molar-refractivity contribution in [1.29, 1.82) is 0 Å². The van der Waals surface area contributed by atoms with Crippen molar-refractivity contribution in [1.82, 2.24) is 9.88 Å². The molecule has 2 heterocycles. The molecule has 1 saturated heterocycles. The van der Waals surface area contributed by atoms with Crippen molar-refractivity contribution in [3.63, 3.8) is 0 Å². The van der Waals surface area contributed by atoms with Crippen molar-refractivity contribution in [2.24, 2.45) is 11.8 Å². The highest BCUT2D eigenvalue weighted by molar-refractivity contribution is 6.00. The van der Waals surface area contributed by atoms with Gasteiger partial charge in [-0.15, -0.1) is 0 Å². The molecule has 0 bridgehead atoms. The molecule has 5 rings (SSSR count). The molecule has 8 heteroatoms. The SMILES string of the molecule is CC(C)(C)c1ccccc1Oc1ncccc1NC(=O)Nc1ccc(OCC2CCN(CC3CCCCC3)CC2)cc1F. The second-order valence-corrected chi connectivity index (χ2v) is 13.0. The minimum atomic E-state index is -0.602. The maximum Gasteiger partial charge on any atom is 0.323 e. The number of ether oxygens (including phenoxy) is 2. The molecule has 1 saturated carbocycles. The number of carbonyl (C=O) groups excluding carboxylic acids is 1. The lowest BCUT2D eigenvalue weighted by molar-refractivity contribution is 0.119. The van der Waals surface area contributed by atoms with Crippen LogP contribution in [0.1, 0.15) is 71.3 Å². The molecule has 2 amide bonds. The van der Waals surface area contributed by atoms with Crippen LogP contribution in [0.2, 0.25) is 0 Å². The standard InChI is InChI=1S/C35H45FN4O3/c1-35(2,3)28-12-7-8-14-32(28)43-33-31(13-9-19-37-33)39-34(41)38-30-16-15-27(22-29(30)36)42-24-26-17-20-40(21-18-26)23-25-10-5-4-6-11-25/h7-9,12-16,19,22,25-26H,4-6,10-11,17-18,20-21,23-24H2,1-3H3,(H2,38,39,41). The minimum absolute atomic E-state index is 0.0605. The Morgan fingerprint density at radius 2 is 1.67 bits per heavy atom. The molecule has 0 unspecified atom stereocenters. The number of likely N-dealkylation sites (tertiary alicyclic amines) is 1. The van der Waals surface area contributed by atoms with Crippen LogP contribution in [0, 0.1) is 17.7 Å². The molecule has 1 aliphatic heterocycles. The van der Waals surface area contributed by atoms with Crippen molar-refractivity contribution >= 4 is 17.4 Å². The zero-order valence-corrected chi connectivity index (χ0v) is 25.7. The van der Waals surface area contributed by atoms with Gasteiger partial charge in [0.2, 0.25) is 5.88 Å². The highest BCUT2D eigenvalue weighted by atomic mass is 19.1. The van der Waals surface area contributed by atoms with Gasteiger partial charge >= 0.3 is 6.03 Å². The van der Waals surface area contributed by atoms with Gasteiger partial charge in [-0.05, 0) is 86.4 Å². The van der Waals surface area contributed by atoms with E-state index in [9.17, 15) is 9.18 Å². The van der Waals surface area contributed by atoms with Gasteiger partial charge in [0.15, 0.2) is 0 Å². The summed E-state index contributed by atoms with van der Waals surface area (Å²) in [7, 11) is 0. The van der Waals surface area contributed by atoms with E-state index < -0.39 is 11.8 Å². The monoisotopic (exact) mass is 588 g/mol. The van der Waals surface area contributed by atoms with Gasteiger partial charge in [0.05, 0.1) is 12.3 Å². The molecular weight excluding hydrogens is 543 g/mol. The Labute approximate surface area is 255 Å². The number of piperidine rings is 1. The van der Waals surface area contributed by atoms with E-state index in [0.29, 0.717) is 29.7 Å². The highest BCUT2D eigenvalue weighted by Gasteiger charge is 2.24. The van der Waals surface area contributed by atoms with Crippen molar-refractivity contribution in [3.05, 3.63) is 72.2 Å². The summed E-state index contributed by atoms with van der Waals surface area (Å²) in [6, 6.07) is 15.1. The number of hydrogen-bond acceptors (Lipinski definition) is 5. The van der Waals surface area contributed by atoms with Crippen molar-refractivity contribution in [2.75, 3.05) is 36.9 Å². The first-order valence-corrected chi connectivity index (χ1v) is 15.7.